The van der Waals surface area contributed by atoms with E-state index in [1.54, 1.807) is 6.07 Å². The molecule has 1 aliphatic heterocycles. The Kier molecular flexibility index (Phi) is 7.82. The predicted octanol–water partition coefficient (Wildman–Crippen LogP) is 1.43. The van der Waals surface area contributed by atoms with Gasteiger partial charge in [-0.3, -0.25) is 9.78 Å². The van der Waals surface area contributed by atoms with Crippen LogP contribution in [0.25, 0.3) is 0 Å². The lowest BCUT2D eigenvalue weighted by atomic mass is 10.2. The van der Waals surface area contributed by atoms with Gasteiger partial charge in [-0.1, -0.05) is 0 Å². The van der Waals surface area contributed by atoms with Gasteiger partial charge in [0.1, 0.15) is 5.82 Å². The molecular weight excluding hydrogens is 280 g/mol. The molecule has 1 atom stereocenters. The molecule has 0 radical (unpaired) electrons. The Morgan fingerprint density at radius 2 is 2.28 bits per heavy atom. The van der Waals surface area contributed by atoms with Gasteiger partial charge in [0.05, 0.1) is 24.5 Å². The lowest BCUT2D eigenvalue weighted by molar-refractivity contribution is -0.122. The molecule has 1 aromatic rings. The van der Waals surface area contributed by atoms with E-state index >= 15 is 0 Å². The van der Waals surface area contributed by atoms with Crippen molar-refractivity contribution in [3.8, 4) is 0 Å². The Morgan fingerprint density at radius 1 is 1.50 bits per heavy atom. The molecule has 18 heavy (non-hydrogen) atoms. The second-order valence-electron chi connectivity index (χ2n) is 3.83. The molecule has 2 rings (SSSR count). The molecule has 102 valence electrons. The van der Waals surface area contributed by atoms with Crippen molar-refractivity contribution in [3.63, 3.8) is 0 Å². The Hall–Kier alpha value is -0.910. The number of pyridine rings is 1. The number of nitrogens with one attached hydrogen (secondary N) is 2. The topological polar surface area (TPSA) is 54.0 Å². The van der Waals surface area contributed by atoms with E-state index in [0.717, 1.165) is 25.6 Å². The summed E-state index contributed by atoms with van der Waals surface area (Å²) in [6.45, 7) is 1.24. The summed E-state index contributed by atoms with van der Waals surface area (Å²) in [5, 5.41) is 5.88. The smallest absolute Gasteiger partial charge is 0.237 e. The van der Waals surface area contributed by atoms with Crippen molar-refractivity contribution < 1.29 is 9.18 Å². The van der Waals surface area contributed by atoms with Gasteiger partial charge in [-0.15, -0.1) is 24.8 Å². The number of hydrogen-bond donors (Lipinski definition) is 2. The van der Waals surface area contributed by atoms with E-state index in [-0.39, 0.29) is 42.6 Å². The summed E-state index contributed by atoms with van der Waals surface area (Å²) in [5.74, 6) is -0.379. The first-order valence-corrected chi connectivity index (χ1v) is 5.37. The van der Waals surface area contributed by atoms with Gasteiger partial charge >= 0.3 is 0 Å². The zero-order chi connectivity index (χ0) is 11.4. The first-order chi connectivity index (χ1) is 7.75. The molecule has 1 fully saturated rings. The summed E-state index contributed by atoms with van der Waals surface area (Å²) in [7, 11) is 0. The van der Waals surface area contributed by atoms with E-state index in [1.165, 1.54) is 6.07 Å². The largest absolute Gasteiger partial charge is 0.349 e. The first-order valence-electron chi connectivity index (χ1n) is 5.37. The highest BCUT2D eigenvalue weighted by molar-refractivity contribution is 5.85. The van der Waals surface area contributed by atoms with Crippen LogP contribution in [0.5, 0.6) is 0 Å². The molecule has 0 bridgehead atoms. The summed E-state index contributed by atoms with van der Waals surface area (Å²) < 4.78 is 12.6. The maximum absolute atomic E-state index is 12.6. The number of carbonyl (C=O) groups excluding carboxylic acids is 1. The van der Waals surface area contributed by atoms with Crippen LogP contribution >= 0.6 is 24.8 Å². The summed E-state index contributed by atoms with van der Waals surface area (Å²) >= 11 is 0. The highest BCUT2D eigenvalue weighted by atomic mass is 35.5. The number of nitrogens with zero attached hydrogens (tertiary/aromatic N) is 1. The third-order valence-electron chi connectivity index (χ3n) is 2.61. The van der Waals surface area contributed by atoms with E-state index in [9.17, 15) is 9.18 Å². The van der Waals surface area contributed by atoms with Crippen LogP contribution in [0.4, 0.5) is 4.39 Å². The lowest BCUT2D eigenvalue weighted by Gasteiger charge is -2.10. The Balaban J connectivity index is 0.00000144. The highest BCUT2D eigenvalue weighted by Crippen LogP contribution is 2.05. The van der Waals surface area contributed by atoms with Crippen molar-refractivity contribution in [3.05, 3.63) is 29.8 Å². The molecule has 0 aliphatic carbocycles. The minimum atomic E-state index is -0.368. The molecule has 1 unspecified atom stereocenters. The SMILES string of the molecule is Cl.Cl.O=C(NCc1ccc(F)cn1)C1CCCN1. The van der Waals surface area contributed by atoms with Crippen LogP contribution < -0.4 is 10.6 Å². The van der Waals surface area contributed by atoms with E-state index in [1.807, 2.05) is 0 Å². The average Bonchev–Trinajstić information content (AvgIpc) is 2.81. The van der Waals surface area contributed by atoms with Gasteiger partial charge in [0.15, 0.2) is 0 Å². The molecule has 0 spiro atoms. The molecule has 4 nitrogen and oxygen atoms in total. The highest BCUT2D eigenvalue weighted by Gasteiger charge is 2.21. The summed E-state index contributed by atoms with van der Waals surface area (Å²) in [6, 6.07) is 2.82. The fourth-order valence-electron chi connectivity index (χ4n) is 1.72. The van der Waals surface area contributed by atoms with Gasteiger partial charge in [0, 0.05) is 0 Å². The van der Waals surface area contributed by atoms with Gasteiger partial charge in [0.2, 0.25) is 5.91 Å². The average molecular weight is 296 g/mol. The quantitative estimate of drug-likeness (QED) is 0.887. The number of amides is 1. The molecule has 0 saturated carbocycles. The van der Waals surface area contributed by atoms with Crippen LogP contribution in [0.1, 0.15) is 18.5 Å². The Labute approximate surface area is 118 Å². The van der Waals surface area contributed by atoms with Gasteiger partial charge in [-0.2, -0.15) is 0 Å². The monoisotopic (exact) mass is 295 g/mol. The molecular formula is C11H16Cl2FN3O. The maximum Gasteiger partial charge on any atom is 0.237 e. The summed E-state index contributed by atoms with van der Waals surface area (Å²) in [6.07, 6.45) is 3.06. The minimum absolute atomic E-state index is 0. The van der Waals surface area contributed by atoms with E-state index in [2.05, 4.69) is 15.6 Å². The second kappa shape index (κ2) is 8.24. The molecule has 7 heteroatoms. The van der Waals surface area contributed by atoms with Crippen molar-refractivity contribution in [2.24, 2.45) is 0 Å². The third kappa shape index (κ3) is 4.76. The number of halogens is 3. The molecule has 2 N–H and O–H groups in total. The molecule has 2 heterocycles. The van der Waals surface area contributed by atoms with E-state index < -0.39 is 0 Å². The second-order valence-corrected chi connectivity index (χ2v) is 3.83. The standard InChI is InChI=1S/C11H14FN3O.2ClH/c12-8-3-4-9(14-6-8)7-15-11(16)10-2-1-5-13-10;;/h3-4,6,10,13H,1-2,5,7H2,(H,15,16);2*1H. The van der Waals surface area contributed by atoms with E-state index in [4.69, 9.17) is 0 Å². The Morgan fingerprint density at radius 3 is 2.83 bits per heavy atom. The number of hydrogen-bond acceptors (Lipinski definition) is 3. The number of rotatable bonds is 3. The number of carbonyl (C=O) groups is 1. The van der Waals surface area contributed by atoms with E-state index in [0.29, 0.717) is 12.2 Å². The van der Waals surface area contributed by atoms with Gasteiger partial charge in [-0.25, -0.2) is 4.39 Å². The van der Waals surface area contributed by atoms with Crippen LogP contribution in [-0.4, -0.2) is 23.5 Å². The summed E-state index contributed by atoms with van der Waals surface area (Å²) in [5.41, 5.74) is 0.660. The first kappa shape index (κ1) is 17.1. The fraction of sp³-hybridized carbons (Fsp3) is 0.455. The van der Waals surface area contributed by atoms with Crippen molar-refractivity contribution in [1.82, 2.24) is 15.6 Å². The van der Waals surface area contributed by atoms with Crippen molar-refractivity contribution in [2.45, 2.75) is 25.4 Å². The minimum Gasteiger partial charge on any atom is -0.349 e. The molecule has 1 amide bonds. The molecule has 1 saturated heterocycles. The zero-order valence-electron chi connectivity index (χ0n) is 9.69. The van der Waals surface area contributed by atoms with Gasteiger partial charge < -0.3 is 10.6 Å². The number of aromatic nitrogens is 1. The molecule has 1 aromatic heterocycles. The fourth-order valence-corrected chi connectivity index (χ4v) is 1.72. The maximum atomic E-state index is 12.6. The summed E-state index contributed by atoms with van der Waals surface area (Å²) in [4.78, 5) is 15.5. The van der Waals surface area contributed by atoms with Crippen molar-refractivity contribution in [1.29, 1.82) is 0 Å². The van der Waals surface area contributed by atoms with Gasteiger partial charge in [-0.05, 0) is 31.5 Å². The van der Waals surface area contributed by atoms with Crippen LogP contribution in [0.15, 0.2) is 18.3 Å². The normalized spacial score (nSPS) is 17.5. The van der Waals surface area contributed by atoms with Crippen molar-refractivity contribution in [2.75, 3.05) is 6.54 Å². The van der Waals surface area contributed by atoms with Crippen molar-refractivity contribution >= 4 is 30.7 Å². The van der Waals surface area contributed by atoms with Crippen LogP contribution in [-0.2, 0) is 11.3 Å². The Bertz CT molecular complexity index is 369. The van der Waals surface area contributed by atoms with Crippen LogP contribution in [0.3, 0.4) is 0 Å². The zero-order valence-corrected chi connectivity index (χ0v) is 11.3. The van der Waals surface area contributed by atoms with Crippen LogP contribution in [0, 0.1) is 5.82 Å². The molecule has 1 aliphatic rings. The third-order valence-corrected chi connectivity index (χ3v) is 2.61. The predicted molar refractivity (Wildman–Crippen MR) is 71.6 cm³/mol. The van der Waals surface area contributed by atoms with Gasteiger partial charge in [0.25, 0.3) is 0 Å². The molecule has 0 aromatic carbocycles. The van der Waals surface area contributed by atoms with Crippen LogP contribution in [0.2, 0.25) is 0 Å². The lowest BCUT2D eigenvalue weighted by Crippen LogP contribution is -2.40.